The first-order chi connectivity index (χ1) is 8.93. The Hall–Kier alpha value is -2.58. The number of nitrogens with two attached hydrogens (primary N) is 1. The number of rotatable bonds is 2. The number of pyridine rings is 1. The molecule has 0 aliphatic heterocycles. The number of hydrogen-bond acceptors (Lipinski definition) is 4. The molecule has 9 heteroatoms. The predicted octanol–water partition coefficient (Wildman–Crippen LogP) is 1.38. The molecule has 0 fully saturated rings. The van der Waals surface area contributed by atoms with Gasteiger partial charge in [0, 0.05) is 18.0 Å². The molecule has 3 N–H and O–H groups in total. The maximum Gasteiger partial charge on any atom is 0.435 e. The fraction of sp³-hybridized carbons (Fsp3) is 0.100. The van der Waals surface area contributed by atoms with Gasteiger partial charge in [0.25, 0.3) is 0 Å². The second kappa shape index (κ2) is 4.59. The molecular formula is C10H8F3N5O. The molecule has 6 nitrogen and oxygen atoms in total. The molecule has 0 aromatic carbocycles. The zero-order valence-electron chi connectivity index (χ0n) is 9.33. The summed E-state index contributed by atoms with van der Waals surface area (Å²) in [4.78, 5) is 3.78. The second-order valence-corrected chi connectivity index (χ2v) is 3.52. The SMILES string of the molecule is N/C(=N/O)c1ccncc1-n1ccc(C(F)(F)F)n1. The Morgan fingerprint density at radius 1 is 1.37 bits per heavy atom. The van der Waals surface area contributed by atoms with Crippen LogP contribution in [0, 0.1) is 0 Å². The highest BCUT2D eigenvalue weighted by Crippen LogP contribution is 2.28. The van der Waals surface area contributed by atoms with Gasteiger partial charge in [-0.2, -0.15) is 18.3 Å². The van der Waals surface area contributed by atoms with Gasteiger partial charge in [0.2, 0.25) is 0 Å². The standard InChI is InChI=1S/C10H8F3N5O/c11-10(12,13)8-2-4-18(16-8)7-5-15-3-1-6(7)9(14)17-19/h1-5,19H,(H2,14,17). The van der Waals surface area contributed by atoms with E-state index in [2.05, 4.69) is 15.2 Å². The molecule has 2 heterocycles. The van der Waals surface area contributed by atoms with Crippen LogP contribution in [0.5, 0.6) is 0 Å². The number of alkyl halides is 3. The van der Waals surface area contributed by atoms with Crippen LogP contribution in [0.15, 0.2) is 35.9 Å². The number of halogens is 3. The van der Waals surface area contributed by atoms with Gasteiger partial charge < -0.3 is 10.9 Å². The lowest BCUT2D eigenvalue weighted by molar-refractivity contribution is -0.141. The fourth-order valence-electron chi connectivity index (χ4n) is 1.45. The number of oxime groups is 1. The van der Waals surface area contributed by atoms with E-state index in [0.717, 1.165) is 16.9 Å². The van der Waals surface area contributed by atoms with Crippen molar-refractivity contribution in [2.24, 2.45) is 10.9 Å². The molecule has 19 heavy (non-hydrogen) atoms. The lowest BCUT2D eigenvalue weighted by atomic mass is 10.2. The van der Waals surface area contributed by atoms with E-state index in [0.29, 0.717) is 0 Å². The van der Waals surface area contributed by atoms with Crippen LogP contribution in [0.3, 0.4) is 0 Å². The van der Waals surface area contributed by atoms with Crippen LogP contribution >= 0.6 is 0 Å². The van der Waals surface area contributed by atoms with Gasteiger partial charge in [-0.25, -0.2) is 4.68 Å². The van der Waals surface area contributed by atoms with E-state index in [1.54, 1.807) is 0 Å². The molecule has 0 atom stereocenters. The molecule has 0 saturated carbocycles. The van der Waals surface area contributed by atoms with Crippen molar-refractivity contribution in [2.45, 2.75) is 6.18 Å². The van der Waals surface area contributed by atoms with Crippen LogP contribution in [-0.4, -0.2) is 25.8 Å². The van der Waals surface area contributed by atoms with Crippen LogP contribution in [0.4, 0.5) is 13.2 Å². The Balaban J connectivity index is 2.51. The topological polar surface area (TPSA) is 89.3 Å². The summed E-state index contributed by atoms with van der Waals surface area (Å²) in [6, 6.07) is 2.22. The average Bonchev–Trinajstić information content (AvgIpc) is 2.87. The molecule has 2 aromatic rings. The monoisotopic (exact) mass is 271 g/mol. The van der Waals surface area contributed by atoms with Gasteiger partial charge in [0.05, 0.1) is 11.9 Å². The normalized spacial score (nSPS) is 12.7. The van der Waals surface area contributed by atoms with E-state index >= 15 is 0 Å². The molecular weight excluding hydrogens is 263 g/mol. The van der Waals surface area contributed by atoms with E-state index in [9.17, 15) is 13.2 Å². The van der Waals surface area contributed by atoms with E-state index in [-0.39, 0.29) is 17.1 Å². The van der Waals surface area contributed by atoms with Crippen LogP contribution in [0.1, 0.15) is 11.3 Å². The first-order valence-corrected chi connectivity index (χ1v) is 4.98. The quantitative estimate of drug-likeness (QED) is 0.374. The molecule has 0 aliphatic rings. The summed E-state index contributed by atoms with van der Waals surface area (Å²) in [6.45, 7) is 0. The van der Waals surface area contributed by atoms with E-state index in [1.807, 2.05) is 0 Å². The van der Waals surface area contributed by atoms with Gasteiger partial charge in [0.1, 0.15) is 0 Å². The molecule has 0 bridgehead atoms. The fourth-order valence-corrected chi connectivity index (χ4v) is 1.45. The zero-order chi connectivity index (χ0) is 14.0. The van der Waals surface area contributed by atoms with Gasteiger partial charge in [-0.1, -0.05) is 5.16 Å². The van der Waals surface area contributed by atoms with E-state index in [4.69, 9.17) is 10.9 Å². The summed E-state index contributed by atoms with van der Waals surface area (Å²) < 4.78 is 38.3. The Bertz CT molecular complexity index is 620. The Morgan fingerprint density at radius 2 is 2.11 bits per heavy atom. The van der Waals surface area contributed by atoms with Gasteiger partial charge >= 0.3 is 6.18 Å². The summed E-state index contributed by atoms with van der Waals surface area (Å²) in [5.41, 5.74) is 4.79. The molecule has 0 amide bonds. The van der Waals surface area contributed by atoms with Crippen LogP contribution < -0.4 is 5.73 Å². The molecule has 2 aromatic heterocycles. The molecule has 0 aliphatic carbocycles. The molecule has 100 valence electrons. The highest BCUT2D eigenvalue weighted by molar-refractivity contribution is 6.00. The summed E-state index contributed by atoms with van der Waals surface area (Å²) in [6.07, 6.45) is -0.788. The van der Waals surface area contributed by atoms with Crippen molar-refractivity contribution in [1.29, 1.82) is 0 Å². The largest absolute Gasteiger partial charge is 0.435 e. The van der Waals surface area contributed by atoms with Crippen LogP contribution in [0.25, 0.3) is 5.69 Å². The van der Waals surface area contributed by atoms with Gasteiger partial charge in [-0.05, 0) is 12.1 Å². The first kappa shape index (κ1) is 12.9. The lowest BCUT2D eigenvalue weighted by Crippen LogP contribution is -2.17. The first-order valence-electron chi connectivity index (χ1n) is 4.98. The maximum atomic E-state index is 12.5. The van der Waals surface area contributed by atoms with Crippen molar-refractivity contribution in [3.8, 4) is 5.69 Å². The highest BCUT2D eigenvalue weighted by atomic mass is 19.4. The van der Waals surface area contributed by atoms with E-state index < -0.39 is 11.9 Å². The second-order valence-electron chi connectivity index (χ2n) is 3.52. The summed E-state index contributed by atoms with van der Waals surface area (Å²) in [7, 11) is 0. The lowest BCUT2D eigenvalue weighted by Gasteiger charge is -2.07. The Morgan fingerprint density at radius 3 is 2.68 bits per heavy atom. The third-order valence-electron chi connectivity index (χ3n) is 2.31. The van der Waals surface area contributed by atoms with Crippen molar-refractivity contribution in [1.82, 2.24) is 14.8 Å². The number of amidine groups is 1. The third-order valence-corrected chi connectivity index (χ3v) is 2.31. The van der Waals surface area contributed by atoms with Crippen molar-refractivity contribution in [3.05, 3.63) is 42.0 Å². The molecule has 2 rings (SSSR count). The Kier molecular flexibility index (Phi) is 3.11. The van der Waals surface area contributed by atoms with Gasteiger partial charge in [0.15, 0.2) is 11.5 Å². The van der Waals surface area contributed by atoms with E-state index in [1.165, 1.54) is 18.5 Å². The number of hydrogen-bond donors (Lipinski definition) is 2. The van der Waals surface area contributed by atoms with Crippen LogP contribution in [-0.2, 0) is 6.18 Å². The van der Waals surface area contributed by atoms with Crippen molar-refractivity contribution >= 4 is 5.84 Å². The number of aromatic nitrogens is 3. The molecule has 0 spiro atoms. The maximum absolute atomic E-state index is 12.5. The van der Waals surface area contributed by atoms with Crippen LogP contribution in [0.2, 0.25) is 0 Å². The average molecular weight is 271 g/mol. The smallest absolute Gasteiger partial charge is 0.409 e. The Labute approximate surface area is 105 Å². The third kappa shape index (κ3) is 2.49. The summed E-state index contributed by atoms with van der Waals surface area (Å²) in [5, 5.41) is 14.8. The van der Waals surface area contributed by atoms with Gasteiger partial charge in [-0.3, -0.25) is 4.98 Å². The minimum Gasteiger partial charge on any atom is -0.409 e. The van der Waals surface area contributed by atoms with Crippen molar-refractivity contribution < 1.29 is 18.4 Å². The number of nitrogens with zero attached hydrogens (tertiary/aromatic N) is 4. The summed E-state index contributed by atoms with van der Waals surface area (Å²) >= 11 is 0. The summed E-state index contributed by atoms with van der Waals surface area (Å²) in [5.74, 6) is -0.249. The minimum atomic E-state index is -4.54. The highest BCUT2D eigenvalue weighted by Gasteiger charge is 2.33. The zero-order valence-corrected chi connectivity index (χ0v) is 9.33. The predicted molar refractivity (Wildman–Crippen MR) is 58.9 cm³/mol. The molecule has 0 unspecified atom stereocenters. The molecule has 0 radical (unpaired) electrons. The molecule has 0 saturated heterocycles. The van der Waals surface area contributed by atoms with Crippen molar-refractivity contribution in [2.75, 3.05) is 0 Å². The van der Waals surface area contributed by atoms with Gasteiger partial charge in [-0.15, -0.1) is 0 Å². The van der Waals surface area contributed by atoms with Crippen molar-refractivity contribution in [3.63, 3.8) is 0 Å². The minimum absolute atomic E-state index is 0.174.